The molecule has 31 heavy (non-hydrogen) atoms. The highest BCUT2D eigenvalue weighted by Crippen LogP contribution is 2.24. The molecule has 1 aliphatic heterocycles. The second-order valence-corrected chi connectivity index (χ2v) is 7.09. The zero-order chi connectivity index (χ0) is 21.6. The number of hydrogen-bond acceptors (Lipinski definition) is 6. The van der Waals surface area contributed by atoms with Gasteiger partial charge in [-0.3, -0.25) is 0 Å². The van der Waals surface area contributed by atoms with Crippen LogP contribution >= 0.6 is 0 Å². The van der Waals surface area contributed by atoms with E-state index in [1.54, 1.807) is 24.5 Å². The normalized spacial score (nSPS) is 13.6. The van der Waals surface area contributed by atoms with E-state index in [1.807, 2.05) is 18.2 Å². The molecular formula is C22H23FN6O2. The Kier molecular flexibility index (Phi) is 6.23. The van der Waals surface area contributed by atoms with Crippen LogP contribution < -0.4 is 21.3 Å². The number of benzene rings is 2. The molecule has 0 radical (unpaired) electrons. The highest BCUT2D eigenvalue weighted by Gasteiger charge is 2.16. The molecule has 0 unspecified atom stereocenters. The SMILES string of the molecule is Nc1ncc(-c2cccc(NC(=O)NCc3cc(F)ccc3N3CCOCC3)c2)cn1. The third kappa shape index (κ3) is 5.26. The maximum Gasteiger partial charge on any atom is 0.319 e. The van der Waals surface area contributed by atoms with Crippen molar-refractivity contribution in [2.75, 3.05) is 42.3 Å². The van der Waals surface area contributed by atoms with Crippen LogP contribution in [0.5, 0.6) is 0 Å². The van der Waals surface area contributed by atoms with Crippen LogP contribution in [0.25, 0.3) is 11.1 Å². The maximum absolute atomic E-state index is 13.8. The molecule has 2 amide bonds. The molecule has 3 aromatic rings. The Labute approximate surface area is 179 Å². The molecule has 4 N–H and O–H groups in total. The smallest absolute Gasteiger partial charge is 0.319 e. The highest BCUT2D eigenvalue weighted by molar-refractivity contribution is 5.90. The van der Waals surface area contributed by atoms with Crippen LogP contribution in [0.4, 0.5) is 26.5 Å². The van der Waals surface area contributed by atoms with E-state index in [0.29, 0.717) is 24.5 Å². The van der Waals surface area contributed by atoms with Gasteiger partial charge in [0.1, 0.15) is 5.82 Å². The molecule has 1 fully saturated rings. The van der Waals surface area contributed by atoms with Crippen molar-refractivity contribution in [2.24, 2.45) is 0 Å². The Hall–Kier alpha value is -3.72. The van der Waals surface area contributed by atoms with E-state index in [4.69, 9.17) is 10.5 Å². The quantitative estimate of drug-likeness (QED) is 0.584. The molecule has 0 saturated carbocycles. The summed E-state index contributed by atoms with van der Waals surface area (Å²) in [4.78, 5) is 22.6. The number of rotatable bonds is 5. The molecule has 8 nitrogen and oxygen atoms in total. The van der Waals surface area contributed by atoms with E-state index in [-0.39, 0.29) is 24.3 Å². The van der Waals surface area contributed by atoms with Crippen LogP contribution in [0.15, 0.2) is 54.9 Å². The number of hydrogen-bond donors (Lipinski definition) is 3. The van der Waals surface area contributed by atoms with Gasteiger partial charge >= 0.3 is 6.03 Å². The van der Waals surface area contributed by atoms with Gasteiger partial charge in [-0.05, 0) is 41.5 Å². The molecule has 0 spiro atoms. The van der Waals surface area contributed by atoms with Crippen LogP contribution in [0.1, 0.15) is 5.56 Å². The summed E-state index contributed by atoms with van der Waals surface area (Å²) in [6.07, 6.45) is 3.25. The number of nitrogens with one attached hydrogen (secondary N) is 2. The van der Waals surface area contributed by atoms with Crippen molar-refractivity contribution in [3.05, 3.63) is 66.2 Å². The largest absolute Gasteiger partial charge is 0.378 e. The number of nitrogens with two attached hydrogens (primary N) is 1. The lowest BCUT2D eigenvalue weighted by Crippen LogP contribution is -2.37. The fourth-order valence-corrected chi connectivity index (χ4v) is 3.42. The molecular weight excluding hydrogens is 399 g/mol. The van der Waals surface area contributed by atoms with Crippen LogP contribution in [0, 0.1) is 5.82 Å². The van der Waals surface area contributed by atoms with E-state index in [9.17, 15) is 9.18 Å². The van der Waals surface area contributed by atoms with Crippen molar-refractivity contribution in [1.82, 2.24) is 15.3 Å². The zero-order valence-electron chi connectivity index (χ0n) is 16.8. The summed E-state index contributed by atoms with van der Waals surface area (Å²) in [6.45, 7) is 2.90. The van der Waals surface area contributed by atoms with Crippen molar-refractivity contribution in [1.29, 1.82) is 0 Å². The lowest BCUT2D eigenvalue weighted by atomic mass is 10.1. The second kappa shape index (κ2) is 9.40. The van der Waals surface area contributed by atoms with Gasteiger partial charge < -0.3 is 26.0 Å². The third-order valence-corrected chi connectivity index (χ3v) is 4.96. The van der Waals surface area contributed by atoms with Gasteiger partial charge in [0.2, 0.25) is 5.95 Å². The van der Waals surface area contributed by atoms with Crippen LogP contribution in [0.2, 0.25) is 0 Å². The molecule has 0 aliphatic carbocycles. The van der Waals surface area contributed by atoms with Crippen molar-refractivity contribution in [3.63, 3.8) is 0 Å². The van der Waals surface area contributed by atoms with Gasteiger partial charge in [0.05, 0.1) is 13.2 Å². The van der Waals surface area contributed by atoms with Crippen LogP contribution in [0.3, 0.4) is 0 Å². The maximum atomic E-state index is 13.8. The first kappa shape index (κ1) is 20.5. The molecule has 1 aromatic heterocycles. The zero-order valence-corrected chi connectivity index (χ0v) is 16.8. The minimum Gasteiger partial charge on any atom is -0.378 e. The lowest BCUT2D eigenvalue weighted by molar-refractivity contribution is 0.122. The minimum absolute atomic E-state index is 0.196. The number of anilines is 3. The van der Waals surface area contributed by atoms with E-state index in [1.165, 1.54) is 12.1 Å². The number of nitrogen functional groups attached to an aromatic ring is 1. The van der Waals surface area contributed by atoms with Crippen molar-refractivity contribution < 1.29 is 13.9 Å². The molecule has 0 atom stereocenters. The molecule has 1 saturated heterocycles. The number of amides is 2. The summed E-state index contributed by atoms with van der Waals surface area (Å²) in [6, 6.07) is 11.5. The Balaban J connectivity index is 1.41. The fourth-order valence-electron chi connectivity index (χ4n) is 3.42. The molecule has 2 aromatic carbocycles. The predicted octanol–water partition coefficient (Wildman–Crippen LogP) is 3.02. The van der Waals surface area contributed by atoms with E-state index in [2.05, 4.69) is 25.5 Å². The molecule has 9 heteroatoms. The number of urea groups is 1. The molecule has 4 rings (SSSR count). The summed E-state index contributed by atoms with van der Waals surface area (Å²) in [5, 5.41) is 5.61. The Bertz CT molecular complexity index is 1050. The van der Waals surface area contributed by atoms with E-state index < -0.39 is 0 Å². The number of aromatic nitrogens is 2. The predicted molar refractivity (Wildman–Crippen MR) is 117 cm³/mol. The van der Waals surface area contributed by atoms with Gasteiger partial charge in [-0.15, -0.1) is 0 Å². The van der Waals surface area contributed by atoms with Gasteiger partial charge in [-0.1, -0.05) is 12.1 Å². The Morgan fingerprint density at radius 1 is 1.10 bits per heavy atom. The lowest BCUT2D eigenvalue weighted by Gasteiger charge is -2.30. The fraction of sp³-hybridized carbons (Fsp3) is 0.227. The number of nitrogens with zero attached hydrogens (tertiary/aromatic N) is 3. The first-order chi connectivity index (χ1) is 15.1. The third-order valence-electron chi connectivity index (χ3n) is 4.96. The molecule has 2 heterocycles. The van der Waals surface area contributed by atoms with Gasteiger partial charge in [-0.25, -0.2) is 19.2 Å². The molecule has 160 valence electrons. The standard InChI is InChI=1S/C22H23FN6O2/c23-18-4-5-20(29-6-8-31-9-7-29)16(10-18)12-27-22(30)28-19-3-1-2-15(11-19)17-13-25-21(24)26-14-17/h1-5,10-11,13-14H,6-9,12H2,(H2,24,25,26)(H2,27,28,30). The molecule has 1 aliphatic rings. The molecule has 0 bridgehead atoms. The number of carbonyl (C=O) groups excluding carboxylic acids is 1. The summed E-state index contributed by atoms with van der Waals surface area (Å²) in [7, 11) is 0. The number of morpholine rings is 1. The van der Waals surface area contributed by atoms with Gasteiger partial charge in [0.15, 0.2) is 0 Å². The van der Waals surface area contributed by atoms with Crippen LogP contribution in [-0.2, 0) is 11.3 Å². The van der Waals surface area contributed by atoms with E-state index >= 15 is 0 Å². The summed E-state index contributed by atoms with van der Waals surface area (Å²) in [5.74, 6) is -0.140. The van der Waals surface area contributed by atoms with Crippen molar-refractivity contribution >= 4 is 23.4 Å². The highest BCUT2D eigenvalue weighted by atomic mass is 19.1. The number of ether oxygens (including phenoxy) is 1. The van der Waals surface area contributed by atoms with Crippen molar-refractivity contribution in [2.45, 2.75) is 6.54 Å². The average Bonchev–Trinajstić information content (AvgIpc) is 2.79. The van der Waals surface area contributed by atoms with E-state index in [0.717, 1.165) is 29.9 Å². The van der Waals surface area contributed by atoms with Gasteiger partial charge in [0, 0.05) is 49.0 Å². The van der Waals surface area contributed by atoms with Gasteiger partial charge in [0.25, 0.3) is 0 Å². The number of halogens is 1. The average molecular weight is 422 g/mol. The topological polar surface area (TPSA) is 105 Å². The minimum atomic E-state index is -0.386. The first-order valence-corrected chi connectivity index (χ1v) is 9.92. The summed E-state index contributed by atoms with van der Waals surface area (Å²) >= 11 is 0. The Morgan fingerprint density at radius 2 is 1.87 bits per heavy atom. The monoisotopic (exact) mass is 422 g/mol. The van der Waals surface area contributed by atoms with Crippen molar-refractivity contribution in [3.8, 4) is 11.1 Å². The Morgan fingerprint density at radius 3 is 2.65 bits per heavy atom. The van der Waals surface area contributed by atoms with Gasteiger partial charge in [-0.2, -0.15) is 0 Å². The summed E-state index contributed by atoms with van der Waals surface area (Å²) < 4.78 is 19.2. The summed E-state index contributed by atoms with van der Waals surface area (Å²) in [5.41, 5.74) is 9.38. The first-order valence-electron chi connectivity index (χ1n) is 9.92. The van der Waals surface area contributed by atoms with Crippen LogP contribution in [-0.4, -0.2) is 42.3 Å². The second-order valence-electron chi connectivity index (χ2n) is 7.09. The number of carbonyl (C=O) groups is 1.